The van der Waals surface area contributed by atoms with Crippen LogP contribution in [0.4, 0.5) is 0 Å². The van der Waals surface area contributed by atoms with E-state index in [1.165, 1.54) is 64.6 Å². The van der Waals surface area contributed by atoms with Crippen LogP contribution in [-0.4, -0.2) is 36.6 Å². The second-order valence-electron chi connectivity index (χ2n) is 5.62. The fraction of sp³-hybridized carbons (Fsp3) is 1.00. The van der Waals surface area contributed by atoms with Crippen molar-refractivity contribution in [3.63, 3.8) is 0 Å². The Morgan fingerprint density at radius 1 is 0.867 bits per heavy atom. The van der Waals surface area contributed by atoms with Crippen molar-refractivity contribution in [2.45, 2.75) is 57.0 Å². The van der Waals surface area contributed by atoms with E-state index in [0.717, 1.165) is 18.0 Å². The molecule has 1 saturated carbocycles. The van der Waals surface area contributed by atoms with Crippen LogP contribution in [0.1, 0.15) is 44.9 Å². The summed E-state index contributed by atoms with van der Waals surface area (Å²) in [6.45, 7) is 3.90. The van der Waals surface area contributed by atoms with Gasteiger partial charge in [-0.15, -0.1) is 0 Å². The summed E-state index contributed by atoms with van der Waals surface area (Å²) in [7, 11) is 0. The van der Waals surface area contributed by atoms with Crippen LogP contribution in [0.5, 0.6) is 0 Å². The number of fused-ring (bicyclic) bond motifs is 1. The number of rotatable bonds is 1. The molecule has 0 radical (unpaired) electrons. The Labute approximate surface area is 93.4 Å². The van der Waals surface area contributed by atoms with Crippen LogP contribution < -0.4 is 5.32 Å². The normalized spacial score (nSPS) is 39.2. The van der Waals surface area contributed by atoms with Gasteiger partial charge >= 0.3 is 0 Å². The summed E-state index contributed by atoms with van der Waals surface area (Å²) in [4.78, 5) is 2.75. The highest BCUT2D eigenvalue weighted by molar-refractivity contribution is 4.96. The van der Waals surface area contributed by atoms with Crippen molar-refractivity contribution in [1.82, 2.24) is 10.2 Å². The first kappa shape index (κ1) is 10.1. The molecule has 86 valence electrons. The third kappa shape index (κ3) is 1.94. The zero-order valence-corrected chi connectivity index (χ0v) is 9.75. The summed E-state index contributed by atoms with van der Waals surface area (Å²) in [5.41, 5.74) is 0. The Morgan fingerprint density at radius 3 is 2.60 bits per heavy atom. The van der Waals surface area contributed by atoms with E-state index in [2.05, 4.69) is 10.2 Å². The molecule has 2 heterocycles. The minimum atomic E-state index is 0.835. The maximum atomic E-state index is 3.82. The smallest absolute Gasteiger partial charge is 0.0253 e. The molecule has 0 aromatic rings. The van der Waals surface area contributed by atoms with Crippen molar-refractivity contribution >= 4 is 0 Å². The van der Waals surface area contributed by atoms with E-state index in [1.54, 1.807) is 0 Å². The fourth-order valence-corrected chi connectivity index (χ4v) is 4.02. The quantitative estimate of drug-likeness (QED) is 0.709. The Kier molecular flexibility index (Phi) is 2.98. The van der Waals surface area contributed by atoms with Crippen LogP contribution >= 0.6 is 0 Å². The minimum absolute atomic E-state index is 0.835. The molecular formula is C13H24N2. The van der Waals surface area contributed by atoms with Crippen molar-refractivity contribution < 1.29 is 0 Å². The third-order valence-electron chi connectivity index (χ3n) is 4.77. The van der Waals surface area contributed by atoms with Crippen LogP contribution in [0, 0.1) is 5.92 Å². The van der Waals surface area contributed by atoms with Gasteiger partial charge in [-0.2, -0.15) is 0 Å². The zero-order chi connectivity index (χ0) is 10.1. The van der Waals surface area contributed by atoms with Crippen LogP contribution in [-0.2, 0) is 0 Å². The molecule has 3 fully saturated rings. The van der Waals surface area contributed by atoms with Crippen molar-refractivity contribution in [1.29, 1.82) is 0 Å². The lowest BCUT2D eigenvalue weighted by Crippen LogP contribution is -2.58. The summed E-state index contributed by atoms with van der Waals surface area (Å²) >= 11 is 0. The largest absolute Gasteiger partial charge is 0.311 e. The second kappa shape index (κ2) is 4.42. The third-order valence-corrected chi connectivity index (χ3v) is 4.77. The highest BCUT2D eigenvalue weighted by atomic mass is 15.2. The number of hydrogen-bond donors (Lipinski definition) is 1. The van der Waals surface area contributed by atoms with Crippen molar-refractivity contribution in [2.24, 2.45) is 5.92 Å². The number of nitrogens with zero attached hydrogens (tertiary/aromatic N) is 1. The molecule has 0 bridgehead atoms. The van der Waals surface area contributed by atoms with E-state index in [4.69, 9.17) is 0 Å². The molecule has 1 aliphatic carbocycles. The van der Waals surface area contributed by atoms with Crippen molar-refractivity contribution in [3.8, 4) is 0 Å². The van der Waals surface area contributed by atoms with Gasteiger partial charge in [0.25, 0.3) is 0 Å². The summed E-state index contributed by atoms with van der Waals surface area (Å²) in [6.07, 6.45) is 10.3. The number of nitrogens with one attached hydrogen (secondary N) is 1. The minimum Gasteiger partial charge on any atom is -0.311 e. The van der Waals surface area contributed by atoms with E-state index in [-0.39, 0.29) is 0 Å². The van der Waals surface area contributed by atoms with E-state index in [0.29, 0.717) is 0 Å². The monoisotopic (exact) mass is 208 g/mol. The van der Waals surface area contributed by atoms with Crippen LogP contribution in [0.3, 0.4) is 0 Å². The maximum Gasteiger partial charge on any atom is 0.0253 e. The van der Waals surface area contributed by atoms with Gasteiger partial charge in [0, 0.05) is 25.2 Å². The predicted octanol–water partition coefficient (Wildman–Crippen LogP) is 2.00. The molecular weight excluding hydrogens is 184 g/mol. The molecule has 15 heavy (non-hydrogen) atoms. The fourth-order valence-electron chi connectivity index (χ4n) is 4.02. The molecule has 1 N–H and O–H groups in total. The van der Waals surface area contributed by atoms with Gasteiger partial charge in [0.2, 0.25) is 0 Å². The molecule has 3 rings (SSSR count). The Bertz CT molecular complexity index is 211. The Hall–Kier alpha value is -0.0800. The molecule has 0 unspecified atom stereocenters. The average molecular weight is 208 g/mol. The van der Waals surface area contributed by atoms with E-state index in [9.17, 15) is 0 Å². The first-order valence-corrected chi connectivity index (χ1v) is 6.92. The SMILES string of the molecule is C1CCC([C@@H]2NCCN3CCC[C@@H]23)CC1. The molecule has 2 nitrogen and oxygen atoms in total. The molecule has 0 spiro atoms. The van der Waals surface area contributed by atoms with Gasteiger partial charge in [-0.1, -0.05) is 19.3 Å². The zero-order valence-electron chi connectivity index (χ0n) is 9.75. The van der Waals surface area contributed by atoms with E-state index < -0.39 is 0 Å². The van der Waals surface area contributed by atoms with Crippen molar-refractivity contribution in [3.05, 3.63) is 0 Å². The van der Waals surface area contributed by atoms with Gasteiger partial charge < -0.3 is 5.32 Å². The lowest BCUT2D eigenvalue weighted by molar-refractivity contribution is 0.110. The topological polar surface area (TPSA) is 15.3 Å². The number of hydrogen-bond acceptors (Lipinski definition) is 2. The second-order valence-corrected chi connectivity index (χ2v) is 5.62. The first-order valence-electron chi connectivity index (χ1n) is 6.92. The molecule has 2 saturated heterocycles. The van der Waals surface area contributed by atoms with Gasteiger partial charge in [-0.3, -0.25) is 4.90 Å². The predicted molar refractivity (Wildman–Crippen MR) is 63.0 cm³/mol. The summed E-state index contributed by atoms with van der Waals surface area (Å²) in [6, 6.07) is 1.73. The molecule has 3 aliphatic rings. The van der Waals surface area contributed by atoms with Gasteiger partial charge in [0.05, 0.1) is 0 Å². The summed E-state index contributed by atoms with van der Waals surface area (Å²) < 4.78 is 0. The summed E-state index contributed by atoms with van der Waals surface area (Å²) in [5, 5.41) is 3.82. The Balaban J connectivity index is 1.67. The van der Waals surface area contributed by atoms with Gasteiger partial charge in [0.1, 0.15) is 0 Å². The van der Waals surface area contributed by atoms with E-state index >= 15 is 0 Å². The Morgan fingerprint density at radius 2 is 1.73 bits per heavy atom. The average Bonchev–Trinajstić information content (AvgIpc) is 2.78. The van der Waals surface area contributed by atoms with Crippen molar-refractivity contribution in [2.75, 3.05) is 19.6 Å². The van der Waals surface area contributed by atoms with Gasteiger partial charge in [-0.05, 0) is 38.1 Å². The number of piperazine rings is 1. The van der Waals surface area contributed by atoms with Gasteiger partial charge in [0.15, 0.2) is 0 Å². The molecule has 2 heteroatoms. The molecule has 0 amide bonds. The van der Waals surface area contributed by atoms with E-state index in [1.807, 2.05) is 0 Å². The van der Waals surface area contributed by atoms with Crippen LogP contribution in [0.15, 0.2) is 0 Å². The summed E-state index contributed by atoms with van der Waals surface area (Å²) in [5.74, 6) is 0.990. The van der Waals surface area contributed by atoms with Crippen LogP contribution in [0.25, 0.3) is 0 Å². The molecule has 2 aliphatic heterocycles. The standard InChI is InChI=1S/C13H24N2/c1-2-5-11(6-3-1)13-12-7-4-9-15(12)10-8-14-13/h11-14H,1-10H2/t12-,13-/m0/s1. The first-order chi connectivity index (χ1) is 7.45. The highest BCUT2D eigenvalue weighted by Crippen LogP contribution is 2.33. The van der Waals surface area contributed by atoms with Gasteiger partial charge in [-0.25, -0.2) is 0 Å². The lowest BCUT2D eigenvalue weighted by atomic mass is 9.80. The maximum absolute atomic E-state index is 3.82. The highest BCUT2D eigenvalue weighted by Gasteiger charge is 2.38. The molecule has 2 atom stereocenters. The van der Waals surface area contributed by atoms with Crippen LogP contribution in [0.2, 0.25) is 0 Å². The lowest BCUT2D eigenvalue weighted by Gasteiger charge is -2.43. The molecule has 0 aromatic heterocycles. The molecule has 0 aromatic carbocycles.